The summed E-state index contributed by atoms with van der Waals surface area (Å²) in [7, 11) is 3.11. The molecule has 9 heteroatoms. The van der Waals surface area contributed by atoms with Gasteiger partial charge >= 0.3 is 6.09 Å². The van der Waals surface area contributed by atoms with E-state index in [-0.39, 0.29) is 30.0 Å². The van der Waals surface area contributed by atoms with Crippen LogP contribution in [0.1, 0.15) is 36.6 Å². The van der Waals surface area contributed by atoms with Crippen molar-refractivity contribution in [1.82, 2.24) is 15.5 Å². The lowest BCUT2D eigenvalue weighted by Gasteiger charge is -2.33. The summed E-state index contributed by atoms with van der Waals surface area (Å²) in [6, 6.07) is 11.7. The van der Waals surface area contributed by atoms with Crippen molar-refractivity contribution in [2.24, 2.45) is 4.99 Å². The van der Waals surface area contributed by atoms with Crippen LogP contribution in [0.5, 0.6) is 0 Å². The van der Waals surface area contributed by atoms with Crippen LogP contribution in [-0.2, 0) is 11.3 Å². The van der Waals surface area contributed by atoms with Gasteiger partial charge in [-0.1, -0.05) is 18.6 Å². The number of guanidine groups is 1. The number of carbonyl (C=O) groups excluding carboxylic acids is 1. The van der Waals surface area contributed by atoms with Crippen molar-refractivity contribution in [2.45, 2.75) is 31.8 Å². The Hall–Kier alpha value is -2.27. The van der Waals surface area contributed by atoms with Crippen molar-refractivity contribution >= 4 is 41.7 Å². The van der Waals surface area contributed by atoms with Crippen molar-refractivity contribution < 1.29 is 13.9 Å². The number of methoxy groups -OCH3 is 1. The van der Waals surface area contributed by atoms with Crippen LogP contribution in [0.4, 0.5) is 10.5 Å². The number of ether oxygens (including phenoxy) is 1. The predicted octanol–water partition coefficient (Wildman–Crippen LogP) is 3.97. The lowest BCUT2D eigenvalue weighted by atomic mass is 10.1. The minimum atomic E-state index is -0.481. The third-order valence-electron chi connectivity index (χ3n) is 5.24. The Bertz CT molecular complexity index is 805. The molecule has 31 heavy (non-hydrogen) atoms. The van der Waals surface area contributed by atoms with Crippen LogP contribution in [0, 0.1) is 0 Å². The molecule has 2 aromatic rings. The van der Waals surface area contributed by atoms with Crippen LogP contribution >= 0.6 is 24.0 Å². The van der Waals surface area contributed by atoms with E-state index in [1.54, 1.807) is 13.3 Å². The SMILES string of the molecule is CN=C(NCc1ccc(NC(=O)OC)cc1)NCC(c1ccco1)N1CCCCC1.I. The molecule has 0 spiro atoms. The fraction of sp³-hybridized carbons (Fsp3) is 0.455. The maximum Gasteiger partial charge on any atom is 0.411 e. The maximum atomic E-state index is 11.3. The first-order valence-electron chi connectivity index (χ1n) is 10.4. The molecular formula is C22H32IN5O3. The molecular weight excluding hydrogens is 509 g/mol. The number of rotatable bonds is 7. The molecule has 8 nitrogen and oxygen atoms in total. The quantitative estimate of drug-likeness (QED) is 0.279. The second kappa shape index (κ2) is 13.2. The van der Waals surface area contributed by atoms with E-state index >= 15 is 0 Å². The van der Waals surface area contributed by atoms with Gasteiger partial charge < -0.3 is 19.8 Å². The van der Waals surface area contributed by atoms with Crippen LogP contribution in [-0.4, -0.2) is 50.7 Å². The zero-order chi connectivity index (χ0) is 21.2. The molecule has 1 aliphatic rings. The summed E-state index contributed by atoms with van der Waals surface area (Å²) >= 11 is 0. The summed E-state index contributed by atoms with van der Waals surface area (Å²) in [5.74, 6) is 1.72. The Morgan fingerprint density at radius 3 is 2.52 bits per heavy atom. The van der Waals surface area contributed by atoms with Crippen molar-refractivity contribution in [3.63, 3.8) is 0 Å². The molecule has 3 rings (SSSR count). The van der Waals surface area contributed by atoms with Crippen LogP contribution in [0.3, 0.4) is 0 Å². The monoisotopic (exact) mass is 541 g/mol. The van der Waals surface area contributed by atoms with Gasteiger partial charge in [-0.3, -0.25) is 15.2 Å². The Labute approximate surface area is 200 Å². The van der Waals surface area contributed by atoms with Gasteiger partial charge in [-0.25, -0.2) is 4.79 Å². The molecule has 0 saturated carbocycles. The number of nitrogens with zero attached hydrogens (tertiary/aromatic N) is 2. The number of hydrogen-bond acceptors (Lipinski definition) is 5. The number of carbonyl (C=O) groups is 1. The molecule has 2 heterocycles. The van der Waals surface area contributed by atoms with Gasteiger partial charge in [-0.15, -0.1) is 24.0 Å². The number of halogens is 1. The first-order valence-corrected chi connectivity index (χ1v) is 10.4. The molecule has 1 amide bonds. The highest BCUT2D eigenvalue weighted by Gasteiger charge is 2.24. The molecule has 1 aliphatic heterocycles. The number of furan rings is 1. The molecule has 1 unspecified atom stereocenters. The van der Waals surface area contributed by atoms with Gasteiger partial charge in [0.15, 0.2) is 5.96 Å². The number of likely N-dealkylation sites (tertiary alicyclic amines) is 1. The molecule has 170 valence electrons. The average molecular weight is 541 g/mol. The van der Waals surface area contributed by atoms with E-state index in [0.717, 1.165) is 36.9 Å². The fourth-order valence-electron chi connectivity index (χ4n) is 3.60. The zero-order valence-corrected chi connectivity index (χ0v) is 20.4. The molecule has 0 aliphatic carbocycles. The standard InChI is InChI=1S/C22H31N5O3.HI/c1-23-21(24-15-17-8-10-18(11-9-17)26-22(28)29-2)25-16-19(20-7-6-14-30-20)27-12-4-3-5-13-27;/h6-11,14,19H,3-5,12-13,15-16H2,1-2H3,(H,26,28)(H2,23,24,25);1H. The number of hydrogen-bond donors (Lipinski definition) is 3. The van der Waals surface area contributed by atoms with E-state index in [4.69, 9.17) is 4.42 Å². The molecule has 1 saturated heterocycles. The highest BCUT2D eigenvalue weighted by atomic mass is 127. The van der Waals surface area contributed by atoms with Crippen molar-refractivity contribution in [1.29, 1.82) is 0 Å². The zero-order valence-electron chi connectivity index (χ0n) is 18.1. The van der Waals surface area contributed by atoms with Gasteiger partial charge in [0.25, 0.3) is 0 Å². The lowest BCUT2D eigenvalue weighted by Crippen LogP contribution is -2.44. The summed E-state index contributed by atoms with van der Waals surface area (Å²) < 4.78 is 10.3. The Morgan fingerprint density at radius 1 is 1.16 bits per heavy atom. The molecule has 1 fully saturated rings. The topological polar surface area (TPSA) is 91.1 Å². The number of benzene rings is 1. The number of aliphatic imine (C=N–C) groups is 1. The van der Waals surface area contributed by atoms with Crippen LogP contribution in [0.25, 0.3) is 0 Å². The molecule has 1 atom stereocenters. The largest absolute Gasteiger partial charge is 0.468 e. The van der Waals surface area contributed by atoms with Crippen LogP contribution in [0.2, 0.25) is 0 Å². The van der Waals surface area contributed by atoms with Crippen LogP contribution < -0.4 is 16.0 Å². The first kappa shape index (κ1) is 25.0. The lowest BCUT2D eigenvalue weighted by molar-refractivity contribution is 0.146. The van der Waals surface area contributed by atoms with Gasteiger partial charge in [-0.2, -0.15) is 0 Å². The van der Waals surface area contributed by atoms with E-state index < -0.39 is 6.09 Å². The van der Waals surface area contributed by atoms with Gasteiger partial charge in [-0.05, 0) is 55.8 Å². The number of amides is 1. The molecule has 1 aromatic carbocycles. The number of piperidine rings is 1. The Balaban J connectivity index is 0.00000341. The van der Waals surface area contributed by atoms with Crippen LogP contribution in [0.15, 0.2) is 52.1 Å². The molecule has 0 radical (unpaired) electrons. The minimum absolute atomic E-state index is 0. The van der Waals surface area contributed by atoms with E-state index in [1.165, 1.54) is 26.4 Å². The average Bonchev–Trinajstić information content (AvgIpc) is 3.32. The summed E-state index contributed by atoms with van der Waals surface area (Å²) in [6.07, 6.45) is 5.00. The van der Waals surface area contributed by atoms with Gasteiger partial charge in [0.2, 0.25) is 0 Å². The van der Waals surface area contributed by atoms with Gasteiger partial charge in [0, 0.05) is 25.8 Å². The smallest absolute Gasteiger partial charge is 0.411 e. The van der Waals surface area contributed by atoms with Crippen molar-refractivity contribution in [2.75, 3.05) is 39.1 Å². The van der Waals surface area contributed by atoms with Crippen molar-refractivity contribution in [3.8, 4) is 0 Å². The normalized spacial score (nSPS) is 15.5. The fourth-order valence-corrected chi connectivity index (χ4v) is 3.60. The highest BCUT2D eigenvalue weighted by Crippen LogP contribution is 2.24. The van der Waals surface area contributed by atoms with E-state index in [1.807, 2.05) is 36.4 Å². The van der Waals surface area contributed by atoms with E-state index in [2.05, 4.69) is 30.6 Å². The number of anilines is 1. The third-order valence-corrected chi connectivity index (χ3v) is 5.24. The first-order chi connectivity index (χ1) is 14.7. The highest BCUT2D eigenvalue weighted by molar-refractivity contribution is 14.0. The molecule has 0 bridgehead atoms. The van der Waals surface area contributed by atoms with Crippen molar-refractivity contribution in [3.05, 3.63) is 54.0 Å². The summed E-state index contributed by atoms with van der Waals surface area (Å²) in [4.78, 5) is 18.1. The van der Waals surface area contributed by atoms with E-state index in [0.29, 0.717) is 12.2 Å². The Kier molecular flexibility index (Phi) is 10.6. The van der Waals surface area contributed by atoms with Gasteiger partial charge in [0.1, 0.15) is 5.76 Å². The summed E-state index contributed by atoms with van der Waals surface area (Å²) in [6.45, 7) is 3.51. The second-order valence-electron chi connectivity index (χ2n) is 7.25. The number of nitrogens with one attached hydrogen (secondary N) is 3. The van der Waals surface area contributed by atoms with E-state index in [9.17, 15) is 4.79 Å². The molecule has 1 aromatic heterocycles. The third kappa shape index (κ3) is 7.73. The minimum Gasteiger partial charge on any atom is -0.468 e. The predicted molar refractivity (Wildman–Crippen MR) is 133 cm³/mol. The van der Waals surface area contributed by atoms with Gasteiger partial charge in [0.05, 0.1) is 19.4 Å². The second-order valence-corrected chi connectivity index (χ2v) is 7.25. The molecule has 3 N–H and O–H groups in total. The summed E-state index contributed by atoms with van der Waals surface area (Å²) in [5, 5.41) is 9.41. The summed E-state index contributed by atoms with van der Waals surface area (Å²) in [5.41, 5.74) is 1.77. The Morgan fingerprint density at radius 2 is 1.90 bits per heavy atom. The maximum absolute atomic E-state index is 11.3.